The number of nitrogens with zero attached hydrogens (tertiary/aromatic N) is 1. The van der Waals surface area contributed by atoms with Crippen molar-refractivity contribution in [2.75, 3.05) is 40.9 Å². The van der Waals surface area contributed by atoms with Gasteiger partial charge in [-0.15, -0.1) is 0 Å². The summed E-state index contributed by atoms with van der Waals surface area (Å²) in [5.74, 6) is -1.38. The minimum absolute atomic E-state index is 0.0462. The van der Waals surface area contributed by atoms with E-state index in [9.17, 15) is 39.5 Å². The molecule has 1 aliphatic rings. The fourth-order valence-electron chi connectivity index (χ4n) is 6.40. The van der Waals surface area contributed by atoms with Crippen LogP contribution in [-0.4, -0.2) is 108 Å². The van der Waals surface area contributed by atoms with Gasteiger partial charge in [-0.1, -0.05) is 95.2 Å². The van der Waals surface area contributed by atoms with Crippen LogP contribution in [0.2, 0.25) is 0 Å². The van der Waals surface area contributed by atoms with E-state index < -0.39 is 62.6 Å². The third-order valence-electron chi connectivity index (χ3n) is 9.80. The van der Waals surface area contributed by atoms with Crippen molar-refractivity contribution in [3.63, 3.8) is 0 Å². The van der Waals surface area contributed by atoms with Crippen LogP contribution >= 0.6 is 7.82 Å². The molecule has 1 amide bonds. The molecule has 0 spiro atoms. The second kappa shape index (κ2) is 28.6. The predicted octanol–water partition coefficient (Wildman–Crippen LogP) is 5.67. The molecule has 1 fully saturated rings. The van der Waals surface area contributed by atoms with Crippen LogP contribution in [0.25, 0.3) is 0 Å². The molecule has 54 heavy (non-hydrogen) atoms. The highest BCUT2D eigenvalue weighted by Crippen LogP contribution is 2.38. The van der Waals surface area contributed by atoms with E-state index in [-0.39, 0.29) is 38.1 Å². The number of nitrogens with one attached hydrogen (secondary N) is 1. The molecule has 0 radical (unpaired) electrons. The number of hydrogen-bond donors (Lipinski definition) is 5. The summed E-state index contributed by atoms with van der Waals surface area (Å²) >= 11 is 0. The summed E-state index contributed by atoms with van der Waals surface area (Å²) in [4.78, 5) is 38.2. The number of carbonyl (C=O) groups excluding carboxylic acids is 2. The summed E-state index contributed by atoms with van der Waals surface area (Å²) < 4.78 is 23.0. The van der Waals surface area contributed by atoms with E-state index in [0.717, 1.165) is 32.1 Å². The molecule has 8 atom stereocenters. The molecule has 13 heteroatoms. The lowest BCUT2D eigenvalue weighted by Gasteiger charge is -2.29. The Morgan fingerprint density at radius 3 is 2.20 bits per heavy atom. The van der Waals surface area contributed by atoms with Crippen molar-refractivity contribution in [2.45, 2.75) is 160 Å². The number of allylic oxidation sites excluding steroid dienone is 3. The first-order valence-corrected chi connectivity index (χ1v) is 22.0. The van der Waals surface area contributed by atoms with Crippen molar-refractivity contribution < 1.29 is 53.0 Å². The van der Waals surface area contributed by atoms with Gasteiger partial charge in [0.2, 0.25) is 5.91 Å². The number of unbranched alkanes of at least 4 members (excludes halogenated alkanes) is 9. The number of ketones is 1. The number of likely N-dealkylation sites (N-methyl/N-ethyl adjacent to an activating group) is 1. The maximum Gasteiger partial charge on any atom is 0.268 e. The second-order valence-corrected chi connectivity index (χ2v) is 17.4. The molecule has 0 bridgehead atoms. The fraction of sp³-hybridized carbons (Fsp3) is 0.805. The Balaban J connectivity index is 2.66. The maximum atomic E-state index is 12.9. The van der Waals surface area contributed by atoms with Crippen molar-refractivity contribution in [3.8, 4) is 0 Å². The number of quaternary nitrogens is 1. The smallest absolute Gasteiger partial charge is 0.268 e. The molecule has 0 heterocycles. The van der Waals surface area contributed by atoms with Crippen molar-refractivity contribution in [3.05, 3.63) is 36.5 Å². The lowest BCUT2D eigenvalue weighted by molar-refractivity contribution is -0.870. The van der Waals surface area contributed by atoms with E-state index in [1.54, 1.807) is 18.2 Å². The van der Waals surface area contributed by atoms with E-state index in [1.807, 2.05) is 21.1 Å². The third kappa shape index (κ3) is 24.7. The lowest BCUT2D eigenvalue weighted by atomic mass is 9.87. The molecule has 0 aromatic heterocycles. The van der Waals surface area contributed by atoms with Crippen LogP contribution in [0.5, 0.6) is 0 Å². The number of phosphoric acid groups is 1. The van der Waals surface area contributed by atoms with E-state index in [2.05, 4.69) is 31.3 Å². The molecule has 5 N–H and O–H groups in total. The van der Waals surface area contributed by atoms with Gasteiger partial charge in [-0.25, -0.2) is 0 Å². The summed E-state index contributed by atoms with van der Waals surface area (Å²) in [7, 11) is 1.01. The lowest BCUT2D eigenvalue weighted by Crippen LogP contribution is -2.45. The van der Waals surface area contributed by atoms with E-state index in [4.69, 9.17) is 9.05 Å². The molecular weight excluding hydrogens is 711 g/mol. The summed E-state index contributed by atoms with van der Waals surface area (Å²) in [5.41, 5.74) is 0. The van der Waals surface area contributed by atoms with Crippen molar-refractivity contribution in [1.82, 2.24) is 5.32 Å². The Morgan fingerprint density at radius 1 is 0.852 bits per heavy atom. The van der Waals surface area contributed by atoms with Crippen LogP contribution in [-0.2, 0) is 23.2 Å². The average molecular weight is 787 g/mol. The SMILES string of the molecule is CCCCCCC/C=C\CC/C=C/[C@@H](O)[C@H](COP(=O)([O-])OCC[N+](C)(C)C)NC(=O)CCCCC(=O)C[C@@H]1[C@@H](/C=C/[C@@H](O)CCCCC)[C@H](O)C[C@@H]1O. The molecule has 1 unspecified atom stereocenters. The molecule has 1 rings (SSSR count). The molecule has 12 nitrogen and oxygen atoms in total. The fourth-order valence-corrected chi connectivity index (χ4v) is 7.12. The van der Waals surface area contributed by atoms with Crippen molar-refractivity contribution in [2.24, 2.45) is 11.8 Å². The summed E-state index contributed by atoms with van der Waals surface area (Å²) in [6.45, 7) is 4.13. The number of phosphoric ester groups is 1. The molecule has 0 saturated heterocycles. The van der Waals surface area contributed by atoms with Gasteiger partial charge in [-0.3, -0.25) is 14.2 Å². The number of carbonyl (C=O) groups is 2. The Labute approximate surface area is 326 Å². The topological polar surface area (TPSA) is 186 Å². The van der Waals surface area contributed by atoms with Gasteiger partial charge in [0.15, 0.2) is 0 Å². The van der Waals surface area contributed by atoms with Gasteiger partial charge in [-0.05, 0) is 44.9 Å². The quantitative estimate of drug-likeness (QED) is 0.0246. The van der Waals surface area contributed by atoms with Crippen LogP contribution in [0, 0.1) is 11.8 Å². The van der Waals surface area contributed by atoms with Crippen LogP contribution in [0.1, 0.15) is 129 Å². The number of Topliss-reactive ketones (excluding diaryl/α,β-unsaturated/α-hetero) is 1. The molecule has 1 saturated carbocycles. The molecular formula is C41H75N2O10P. The van der Waals surface area contributed by atoms with E-state index in [1.165, 1.54) is 38.2 Å². The monoisotopic (exact) mass is 787 g/mol. The molecule has 0 aromatic rings. The zero-order chi connectivity index (χ0) is 40.4. The van der Waals surface area contributed by atoms with Gasteiger partial charge >= 0.3 is 0 Å². The molecule has 0 aromatic carbocycles. The summed E-state index contributed by atoms with van der Waals surface area (Å²) in [6, 6.07) is -1.05. The highest BCUT2D eigenvalue weighted by atomic mass is 31.2. The first-order valence-electron chi connectivity index (χ1n) is 20.5. The Morgan fingerprint density at radius 2 is 1.50 bits per heavy atom. The van der Waals surface area contributed by atoms with Gasteiger partial charge in [0, 0.05) is 37.5 Å². The first-order chi connectivity index (χ1) is 25.6. The first kappa shape index (κ1) is 50.3. The van der Waals surface area contributed by atoms with Gasteiger partial charge in [0.25, 0.3) is 7.82 Å². The third-order valence-corrected chi connectivity index (χ3v) is 10.8. The van der Waals surface area contributed by atoms with E-state index >= 15 is 0 Å². The normalized spacial score (nSPS) is 22.3. The molecule has 0 aliphatic heterocycles. The summed E-state index contributed by atoms with van der Waals surface area (Å²) in [5, 5.41) is 44.9. The average Bonchev–Trinajstić information content (AvgIpc) is 3.36. The van der Waals surface area contributed by atoms with Crippen molar-refractivity contribution >= 4 is 19.5 Å². The zero-order valence-electron chi connectivity index (χ0n) is 34.0. The van der Waals surface area contributed by atoms with Crippen LogP contribution in [0.4, 0.5) is 0 Å². The number of aliphatic hydroxyl groups is 4. The largest absolute Gasteiger partial charge is 0.756 e. The van der Waals surface area contributed by atoms with Crippen LogP contribution in [0.15, 0.2) is 36.5 Å². The Kier molecular flexibility index (Phi) is 26.7. The highest BCUT2D eigenvalue weighted by Gasteiger charge is 2.41. The molecule has 314 valence electrons. The molecule has 1 aliphatic carbocycles. The number of rotatable bonds is 32. The number of aliphatic hydroxyl groups excluding tert-OH is 4. The second-order valence-electron chi connectivity index (χ2n) is 15.9. The van der Waals surface area contributed by atoms with Gasteiger partial charge in [-0.2, -0.15) is 0 Å². The van der Waals surface area contributed by atoms with Gasteiger partial charge in [0.05, 0.1) is 58.2 Å². The minimum atomic E-state index is -4.69. The van der Waals surface area contributed by atoms with Crippen LogP contribution in [0.3, 0.4) is 0 Å². The Bertz CT molecular complexity index is 1160. The van der Waals surface area contributed by atoms with E-state index in [0.29, 0.717) is 36.7 Å². The van der Waals surface area contributed by atoms with Gasteiger partial charge < -0.3 is 44.2 Å². The minimum Gasteiger partial charge on any atom is -0.756 e. The highest BCUT2D eigenvalue weighted by molar-refractivity contribution is 7.45. The number of hydrogen-bond acceptors (Lipinski definition) is 10. The van der Waals surface area contributed by atoms with Crippen LogP contribution < -0.4 is 10.2 Å². The number of amides is 1. The zero-order valence-corrected chi connectivity index (χ0v) is 34.9. The van der Waals surface area contributed by atoms with Gasteiger partial charge in [0.1, 0.15) is 18.9 Å². The Hall–Kier alpha value is -1.73. The predicted molar refractivity (Wildman–Crippen MR) is 212 cm³/mol. The standard InChI is InChI=1S/C41H75N2O10P/c1-6-8-10-11-12-13-14-15-16-17-19-24-38(46)37(32-53-54(50,51)52-29-28-43(3,4)5)42-41(49)25-21-20-23-34(45)30-36-35(39(47)31-40(36)48)27-26-33(44)22-18-9-7-2/h14-15,19,24,26-27,33,35-40,44,46-48H,6-13,16-18,20-23,25,28-32H2,1-5H3,(H-,42,49,50,51)/b15-14-,24-19+,27-26+/t33-,35+,36+,37-,38+,39+,40-/m0/s1. The summed E-state index contributed by atoms with van der Waals surface area (Å²) in [6.07, 6.45) is 21.1. The maximum absolute atomic E-state index is 12.9. The van der Waals surface area contributed by atoms with Crippen molar-refractivity contribution in [1.29, 1.82) is 0 Å².